The third-order valence-electron chi connectivity index (χ3n) is 9.20. The molecule has 0 aliphatic heterocycles. The molecular weight excluding hydrogens is 542 g/mol. The average molecular weight is 608 g/mol. The van der Waals surface area contributed by atoms with Gasteiger partial charge in [-0.15, -0.1) is 12.4 Å². The lowest BCUT2D eigenvalue weighted by atomic mass is 9.72. The second-order valence-electron chi connectivity index (χ2n) is 13.1. The molecule has 0 aromatic heterocycles. The van der Waals surface area contributed by atoms with Crippen LogP contribution in [0.4, 0.5) is 0 Å². The topological polar surface area (TPSA) is 38.8 Å². The van der Waals surface area contributed by atoms with Gasteiger partial charge in [-0.05, 0) is 63.9 Å². The van der Waals surface area contributed by atoms with Crippen LogP contribution in [-0.2, 0) is 9.53 Å². The predicted molar refractivity (Wildman–Crippen MR) is 182 cm³/mol. The molecule has 4 nitrogen and oxygen atoms in total. The van der Waals surface area contributed by atoms with E-state index < -0.39 is 5.60 Å². The van der Waals surface area contributed by atoms with Crippen LogP contribution >= 0.6 is 12.4 Å². The average Bonchev–Trinajstić information content (AvgIpc) is 2.98. The van der Waals surface area contributed by atoms with E-state index in [4.69, 9.17) is 9.47 Å². The summed E-state index contributed by atoms with van der Waals surface area (Å²) >= 11 is 0. The molecule has 0 radical (unpaired) electrons. The molecule has 244 valence electrons. The Morgan fingerprint density at radius 3 is 1.62 bits per heavy atom. The Bertz CT molecular complexity index is 776. The number of carbonyl (C=O) groups is 1. The van der Waals surface area contributed by atoms with Crippen molar-refractivity contribution in [3.63, 3.8) is 0 Å². The van der Waals surface area contributed by atoms with Crippen molar-refractivity contribution in [2.24, 2.45) is 0 Å². The molecule has 1 aliphatic rings. The summed E-state index contributed by atoms with van der Waals surface area (Å²) < 4.78 is 11.9. The molecule has 5 heteroatoms. The van der Waals surface area contributed by atoms with Gasteiger partial charge in [-0.25, -0.2) is 0 Å². The number of benzene rings is 1. The number of esters is 1. The van der Waals surface area contributed by atoms with Crippen LogP contribution in [-0.4, -0.2) is 44.2 Å². The van der Waals surface area contributed by atoms with Crippen molar-refractivity contribution >= 4 is 18.4 Å². The maximum atomic E-state index is 13.1. The van der Waals surface area contributed by atoms with E-state index in [1.807, 2.05) is 12.1 Å². The van der Waals surface area contributed by atoms with E-state index in [2.05, 4.69) is 38.1 Å². The molecule has 1 aliphatic carbocycles. The number of unbranched alkanes of at least 4 members (excludes halogenated alkanes) is 16. The second kappa shape index (κ2) is 24.1. The van der Waals surface area contributed by atoms with Gasteiger partial charge >= 0.3 is 5.97 Å². The number of methoxy groups -OCH3 is 1. The highest BCUT2D eigenvalue weighted by Crippen LogP contribution is 2.44. The number of hydrogen-bond donors (Lipinski definition) is 0. The SMILES string of the molecule is CCCCCCCCCCCCCCCCCCCC(=O)OC1(C(CN(C)C)c2ccc(OC)cc2)CCCCC1.Cl. The Morgan fingerprint density at radius 1 is 0.738 bits per heavy atom. The number of rotatable bonds is 24. The summed E-state index contributed by atoms with van der Waals surface area (Å²) in [5.74, 6) is 1.04. The molecule has 0 amide bonds. The Balaban J connectivity index is 0.00000882. The first-order chi connectivity index (χ1) is 20.0. The molecule has 42 heavy (non-hydrogen) atoms. The van der Waals surface area contributed by atoms with Crippen molar-refractivity contribution in [2.45, 2.75) is 166 Å². The fourth-order valence-corrected chi connectivity index (χ4v) is 6.72. The van der Waals surface area contributed by atoms with E-state index in [1.54, 1.807) is 7.11 Å². The van der Waals surface area contributed by atoms with Gasteiger partial charge in [0.25, 0.3) is 0 Å². The third kappa shape index (κ3) is 16.0. The highest BCUT2D eigenvalue weighted by atomic mass is 35.5. The maximum absolute atomic E-state index is 13.1. The van der Waals surface area contributed by atoms with Crippen LogP contribution in [0.5, 0.6) is 5.75 Å². The van der Waals surface area contributed by atoms with Gasteiger partial charge in [0.05, 0.1) is 7.11 Å². The van der Waals surface area contributed by atoms with Crippen LogP contribution < -0.4 is 4.74 Å². The number of hydrogen-bond acceptors (Lipinski definition) is 4. The molecule has 0 bridgehead atoms. The number of likely N-dealkylation sites (N-methyl/N-ethyl adjacent to an activating group) is 1. The Morgan fingerprint density at radius 2 is 1.19 bits per heavy atom. The van der Waals surface area contributed by atoms with Gasteiger partial charge in [0.15, 0.2) is 0 Å². The van der Waals surface area contributed by atoms with Gasteiger partial charge in [0, 0.05) is 18.9 Å². The zero-order valence-corrected chi connectivity index (χ0v) is 28.8. The van der Waals surface area contributed by atoms with Gasteiger partial charge in [-0.2, -0.15) is 0 Å². The lowest BCUT2D eigenvalue weighted by molar-refractivity contribution is -0.167. The standard InChI is InChI=1S/C37H65NO3.ClH/c1-5-6-7-8-9-10-11-12-13-14-15-16-17-18-19-20-22-25-36(39)41-37(30-23-21-24-31-37)35(32-38(2)3)33-26-28-34(40-4)29-27-33;/h26-29,35H,5-25,30-32H2,1-4H3;1H. The number of ether oxygens (including phenoxy) is 2. The molecule has 0 spiro atoms. The van der Waals surface area contributed by atoms with E-state index in [0.717, 1.165) is 50.8 Å². The summed E-state index contributed by atoms with van der Waals surface area (Å²) in [5.41, 5.74) is 0.843. The fraction of sp³-hybridized carbons (Fsp3) is 0.811. The van der Waals surface area contributed by atoms with Crippen LogP contribution in [0.1, 0.15) is 166 Å². The predicted octanol–water partition coefficient (Wildman–Crippen LogP) is 11.0. The molecule has 1 unspecified atom stereocenters. The van der Waals surface area contributed by atoms with Crippen LogP contribution in [0.3, 0.4) is 0 Å². The third-order valence-corrected chi connectivity index (χ3v) is 9.20. The maximum Gasteiger partial charge on any atom is 0.306 e. The zero-order chi connectivity index (χ0) is 29.6. The Hall–Kier alpha value is -1.26. The zero-order valence-electron chi connectivity index (χ0n) is 27.9. The summed E-state index contributed by atoms with van der Waals surface area (Å²) in [6, 6.07) is 8.39. The van der Waals surface area contributed by atoms with E-state index in [-0.39, 0.29) is 24.3 Å². The van der Waals surface area contributed by atoms with Gasteiger partial charge in [0.1, 0.15) is 11.4 Å². The highest BCUT2D eigenvalue weighted by Gasteiger charge is 2.44. The summed E-state index contributed by atoms with van der Waals surface area (Å²) in [4.78, 5) is 15.4. The lowest BCUT2D eigenvalue weighted by Gasteiger charge is -2.44. The fourth-order valence-electron chi connectivity index (χ4n) is 6.72. The van der Waals surface area contributed by atoms with Gasteiger partial charge in [0.2, 0.25) is 0 Å². The van der Waals surface area contributed by atoms with E-state index in [0.29, 0.717) is 6.42 Å². The van der Waals surface area contributed by atoms with Crippen molar-refractivity contribution in [3.8, 4) is 5.75 Å². The monoisotopic (exact) mass is 607 g/mol. The van der Waals surface area contributed by atoms with Gasteiger partial charge in [-0.1, -0.05) is 128 Å². The minimum absolute atomic E-state index is 0. The van der Waals surface area contributed by atoms with E-state index in [1.165, 1.54) is 108 Å². The molecule has 0 N–H and O–H groups in total. The second-order valence-corrected chi connectivity index (χ2v) is 13.1. The first kappa shape index (κ1) is 38.8. The molecular formula is C37H66ClNO3. The summed E-state index contributed by atoms with van der Waals surface area (Å²) in [6.07, 6.45) is 29.0. The van der Waals surface area contributed by atoms with E-state index in [9.17, 15) is 4.79 Å². The molecule has 1 aromatic carbocycles. The Labute approximate surface area is 266 Å². The smallest absolute Gasteiger partial charge is 0.306 e. The normalized spacial score (nSPS) is 15.3. The first-order valence-electron chi connectivity index (χ1n) is 17.5. The van der Waals surface area contributed by atoms with Crippen LogP contribution in [0, 0.1) is 0 Å². The van der Waals surface area contributed by atoms with Crippen molar-refractivity contribution in [2.75, 3.05) is 27.7 Å². The van der Waals surface area contributed by atoms with E-state index >= 15 is 0 Å². The number of nitrogens with zero attached hydrogens (tertiary/aromatic N) is 1. The summed E-state index contributed by atoms with van der Waals surface area (Å²) in [6.45, 7) is 3.16. The van der Waals surface area contributed by atoms with Crippen LogP contribution in [0.2, 0.25) is 0 Å². The first-order valence-corrected chi connectivity index (χ1v) is 17.5. The highest BCUT2D eigenvalue weighted by molar-refractivity contribution is 5.85. The van der Waals surface area contributed by atoms with Crippen molar-refractivity contribution in [3.05, 3.63) is 29.8 Å². The van der Waals surface area contributed by atoms with Gasteiger partial charge < -0.3 is 14.4 Å². The van der Waals surface area contributed by atoms with Crippen molar-refractivity contribution < 1.29 is 14.3 Å². The van der Waals surface area contributed by atoms with Gasteiger partial charge in [-0.3, -0.25) is 4.79 Å². The minimum atomic E-state index is -0.400. The Kier molecular flexibility index (Phi) is 22.2. The molecule has 1 aromatic rings. The van der Waals surface area contributed by atoms with Crippen LogP contribution in [0.25, 0.3) is 0 Å². The molecule has 1 saturated carbocycles. The molecule has 0 heterocycles. The number of carbonyl (C=O) groups excluding carboxylic acids is 1. The molecule has 2 rings (SSSR count). The molecule has 0 saturated heterocycles. The largest absolute Gasteiger partial charge is 0.497 e. The minimum Gasteiger partial charge on any atom is -0.497 e. The van der Waals surface area contributed by atoms with Crippen molar-refractivity contribution in [1.29, 1.82) is 0 Å². The quantitative estimate of drug-likeness (QED) is 0.0865. The van der Waals surface area contributed by atoms with Crippen molar-refractivity contribution in [1.82, 2.24) is 4.90 Å². The number of halogens is 1. The van der Waals surface area contributed by atoms with Crippen LogP contribution in [0.15, 0.2) is 24.3 Å². The molecule has 1 fully saturated rings. The summed E-state index contributed by atoms with van der Waals surface area (Å²) in [5, 5.41) is 0. The molecule has 1 atom stereocenters. The summed E-state index contributed by atoms with van der Waals surface area (Å²) in [7, 11) is 5.94. The lowest BCUT2D eigenvalue weighted by Crippen LogP contribution is -2.46.